The molecule has 0 heterocycles. The summed E-state index contributed by atoms with van der Waals surface area (Å²) in [4.78, 5) is 2.28. The van der Waals surface area contributed by atoms with Crippen LogP contribution in [0.3, 0.4) is 0 Å². The summed E-state index contributed by atoms with van der Waals surface area (Å²) >= 11 is 0. The van der Waals surface area contributed by atoms with Gasteiger partial charge in [-0.2, -0.15) is 0 Å². The third-order valence-electron chi connectivity index (χ3n) is 4.65. The Labute approximate surface area is 136 Å². The van der Waals surface area contributed by atoms with Crippen LogP contribution in [0.5, 0.6) is 0 Å². The molecule has 0 bridgehead atoms. The average molecular weight is 297 g/mol. The van der Waals surface area contributed by atoms with Crippen molar-refractivity contribution in [2.24, 2.45) is 5.92 Å². The molecule has 0 saturated carbocycles. The third kappa shape index (κ3) is 4.58. The molecule has 0 saturated heterocycles. The maximum absolute atomic E-state index is 2.48. The van der Waals surface area contributed by atoms with E-state index >= 15 is 0 Å². The van der Waals surface area contributed by atoms with E-state index in [0.29, 0.717) is 5.92 Å². The average Bonchev–Trinajstić information content (AvgIpc) is 2.52. The van der Waals surface area contributed by atoms with E-state index < -0.39 is 0 Å². The van der Waals surface area contributed by atoms with Crippen molar-refractivity contribution >= 4 is 5.57 Å². The summed E-state index contributed by atoms with van der Waals surface area (Å²) in [6.07, 6.45) is 11.2. The van der Waals surface area contributed by atoms with Crippen molar-refractivity contribution in [1.29, 1.82) is 0 Å². The fourth-order valence-electron chi connectivity index (χ4n) is 3.34. The van der Waals surface area contributed by atoms with E-state index in [1.54, 1.807) is 5.57 Å². The summed E-state index contributed by atoms with van der Waals surface area (Å²) in [5, 5.41) is 0. The summed E-state index contributed by atoms with van der Waals surface area (Å²) in [5.41, 5.74) is 5.88. The van der Waals surface area contributed by atoms with Gasteiger partial charge in [0.1, 0.15) is 0 Å². The molecule has 1 aromatic rings. The molecule has 0 amide bonds. The zero-order valence-electron chi connectivity index (χ0n) is 14.7. The van der Waals surface area contributed by atoms with Crippen molar-refractivity contribution < 1.29 is 0 Å². The Bertz CT molecular complexity index is 537. The van der Waals surface area contributed by atoms with E-state index in [0.717, 1.165) is 0 Å². The van der Waals surface area contributed by atoms with Gasteiger partial charge in [-0.1, -0.05) is 49.8 Å². The number of nitrogens with zero attached hydrogens (tertiary/aromatic N) is 1. The fourth-order valence-corrected chi connectivity index (χ4v) is 3.34. The summed E-state index contributed by atoms with van der Waals surface area (Å²) < 4.78 is 0. The third-order valence-corrected chi connectivity index (χ3v) is 4.65. The second-order valence-corrected chi connectivity index (χ2v) is 6.87. The summed E-state index contributed by atoms with van der Waals surface area (Å²) in [7, 11) is 4.32. The van der Waals surface area contributed by atoms with E-state index in [1.165, 1.54) is 55.3 Å². The Hall–Kier alpha value is -1.34. The van der Waals surface area contributed by atoms with Gasteiger partial charge < -0.3 is 4.90 Å². The van der Waals surface area contributed by atoms with Gasteiger partial charge in [-0.15, -0.1) is 0 Å². The maximum atomic E-state index is 2.48. The van der Waals surface area contributed by atoms with Crippen LogP contribution in [0.4, 0.5) is 0 Å². The SMILES string of the molecule is Cc1ccccc1C1=CCCC=C1C(C)CCCCN(C)C. The van der Waals surface area contributed by atoms with Crippen molar-refractivity contribution in [1.82, 2.24) is 4.90 Å². The molecule has 22 heavy (non-hydrogen) atoms. The first kappa shape index (κ1) is 17.0. The number of hydrogen-bond acceptors (Lipinski definition) is 1. The Balaban J connectivity index is 2.04. The quantitative estimate of drug-likeness (QED) is 0.603. The number of hydrogen-bond donors (Lipinski definition) is 0. The lowest BCUT2D eigenvalue weighted by atomic mass is 9.81. The topological polar surface area (TPSA) is 3.24 Å². The Morgan fingerprint density at radius 1 is 1.05 bits per heavy atom. The molecular formula is C21H31N. The number of allylic oxidation sites excluding steroid dienone is 4. The molecule has 1 aliphatic rings. The molecule has 0 fully saturated rings. The Morgan fingerprint density at radius 3 is 2.50 bits per heavy atom. The number of rotatable bonds is 7. The van der Waals surface area contributed by atoms with Gasteiger partial charge in [-0.3, -0.25) is 0 Å². The van der Waals surface area contributed by atoms with E-state index in [-0.39, 0.29) is 0 Å². The van der Waals surface area contributed by atoms with Crippen LogP contribution in [0.1, 0.15) is 50.2 Å². The molecule has 1 atom stereocenters. The second-order valence-electron chi connectivity index (χ2n) is 6.87. The van der Waals surface area contributed by atoms with Crippen LogP contribution in [0.2, 0.25) is 0 Å². The van der Waals surface area contributed by atoms with Gasteiger partial charge in [-0.05, 0) is 81.4 Å². The molecule has 1 aromatic carbocycles. The highest BCUT2D eigenvalue weighted by atomic mass is 15.0. The Kier molecular flexibility index (Phi) is 6.45. The maximum Gasteiger partial charge on any atom is -0.00248 e. The van der Waals surface area contributed by atoms with Crippen molar-refractivity contribution in [2.75, 3.05) is 20.6 Å². The van der Waals surface area contributed by atoms with Gasteiger partial charge in [-0.25, -0.2) is 0 Å². The zero-order valence-corrected chi connectivity index (χ0v) is 14.7. The molecule has 120 valence electrons. The summed E-state index contributed by atoms with van der Waals surface area (Å²) in [5.74, 6) is 0.660. The summed E-state index contributed by atoms with van der Waals surface area (Å²) in [6.45, 7) is 5.83. The first-order chi connectivity index (χ1) is 10.6. The second kappa shape index (κ2) is 8.33. The smallest absolute Gasteiger partial charge is 0.00248 e. The van der Waals surface area contributed by atoms with Gasteiger partial charge >= 0.3 is 0 Å². The number of aryl methyl sites for hydroxylation is 1. The molecule has 0 spiro atoms. The Morgan fingerprint density at radius 2 is 1.77 bits per heavy atom. The lowest BCUT2D eigenvalue weighted by Crippen LogP contribution is -2.13. The normalized spacial score (nSPS) is 16.4. The fraction of sp³-hybridized carbons (Fsp3) is 0.524. The molecule has 0 aromatic heterocycles. The van der Waals surface area contributed by atoms with Crippen LogP contribution in [-0.4, -0.2) is 25.5 Å². The molecule has 1 nitrogen and oxygen atoms in total. The summed E-state index contributed by atoms with van der Waals surface area (Å²) in [6, 6.07) is 8.80. The van der Waals surface area contributed by atoms with E-state index in [1.807, 2.05) is 0 Å². The van der Waals surface area contributed by atoms with Gasteiger partial charge in [0, 0.05) is 0 Å². The highest BCUT2D eigenvalue weighted by molar-refractivity contribution is 5.81. The number of benzene rings is 1. The van der Waals surface area contributed by atoms with Crippen molar-refractivity contribution in [3.8, 4) is 0 Å². The minimum absolute atomic E-state index is 0.660. The first-order valence-electron chi connectivity index (χ1n) is 8.71. The van der Waals surface area contributed by atoms with E-state index in [9.17, 15) is 0 Å². The van der Waals surface area contributed by atoms with Crippen molar-refractivity contribution in [3.05, 3.63) is 53.1 Å². The van der Waals surface area contributed by atoms with Crippen LogP contribution >= 0.6 is 0 Å². The van der Waals surface area contributed by atoms with Crippen LogP contribution < -0.4 is 0 Å². The molecule has 0 radical (unpaired) electrons. The van der Waals surface area contributed by atoms with Gasteiger partial charge in [0.2, 0.25) is 0 Å². The van der Waals surface area contributed by atoms with Crippen LogP contribution in [-0.2, 0) is 0 Å². The molecule has 0 aliphatic heterocycles. The van der Waals surface area contributed by atoms with E-state index in [2.05, 4.69) is 69.3 Å². The van der Waals surface area contributed by atoms with Crippen molar-refractivity contribution in [3.63, 3.8) is 0 Å². The van der Waals surface area contributed by atoms with Crippen LogP contribution in [0, 0.1) is 12.8 Å². The standard InChI is InChI=1S/C21H31N/c1-17-11-5-6-13-19(17)21-15-8-7-14-20(21)18(2)12-9-10-16-22(3)4/h5-6,11,13-15,18H,7-10,12,16H2,1-4H3. The molecule has 2 rings (SSSR count). The molecule has 0 N–H and O–H groups in total. The lowest BCUT2D eigenvalue weighted by molar-refractivity contribution is 0.385. The van der Waals surface area contributed by atoms with Gasteiger partial charge in [0.15, 0.2) is 0 Å². The molecular weight excluding hydrogens is 266 g/mol. The van der Waals surface area contributed by atoms with Crippen LogP contribution in [0.15, 0.2) is 42.0 Å². The monoisotopic (exact) mass is 297 g/mol. The minimum atomic E-state index is 0.660. The lowest BCUT2D eigenvalue weighted by Gasteiger charge is -2.24. The minimum Gasteiger partial charge on any atom is -0.309 e. The van der Waals surface area contributed by atoms with Crippen LogP contribution in [0.25, 0.3) is 5.57 Å². The molecule has 1 unspecified atom stereocenters. The van der Waals surface area contributed by atoms with Gasteiger partial charge in [0.05, 0.1) is 0 Å². The zero-order chi connectivity index (χ0) is 15.9. The van der Waals surface area contributed by atoms with Crippen molar-refractivity contribution in [2.45, 2.75) is 46.0 Å². The predicted octanol–water partition coefficient (Wildman–Crippen LogP) is 5.47. The first-order valence-corrected chi connectivity index (χ1v) is 8.71. The van der Waals surface area contributed by atoms with E-state index in [4.69, 9.17) is 0 Å². The largest absolute Gasteiger partial charge is 0.309 e. The number of unbranched alkanes of at least 4 members (excludes halogenated alkanes) is 1. The highest BCUT2D eigenvalue weighted by Gasteiger charge is 2.18. The van der Waals surface area contributed by atoms with Gasteiger partial charge in [0.25, 0.3) is 0 Å². The highest BCUT2D eigenvalue weighted by Crippen LogP contribution is 2.36. The predicted molar refractivity (Wildman–Crippen MR) is 98.0 cm³/mol. The molecule has 1 aliphatic carbocycles. The molecule has 1 heteroatoms.